The number of H-pyrrole nitrogens is 1. The number of aliphatic hydroxyl groups is 4. The molecular weight excluding hydrogens is 1190 g/mol. The number of ketones is 2. The summed E-state index contributed by atoms with van der Waals surface area (Å²) in [5, 5.41) is 95.4. The number of aromatic nitrogens is 1. The maximum atomic E-state index is 15.8. The average Bonchev–Trinajstić information content (AvgIpc) is 1.33. The monoisotopic (exact) mass is 1280 g/mol. The number of β-amino-alcohol motifs (C(OH)–C–C–N with tert-alkyl or cyclic N) is 1. The SMILES string of the molecule is COc1cc2c(cc1O)C1C#CC3CC4CC(CC3C(=O)C(O)C(=O)CC2)C(CCC2CCCC2)C(O)Cc2cc(c[nH]2)C(C)CNCC(O)Cc2ccc3ccc(cc3c2O)NC2=CC(=CCN2)C4CC#CC2CC(CC(CO)C2Cc2cccc(O)c2)c2ccccc21. The molecular formula is C81H94N4O10. The number of aryl methyl sites for hydroxylation is 1. The second kappa shape index (κ2) is 29.3. The number of methoxy groups -OCH3 is 1. The van der Waals surface area contributed by atoms with Crippen molar-refractivity contribution < 1.29 is 50.1 Å². The van der Waals surface area contributed by atoms with Crippen molar-refractivity contribution >= 4 is 28.0 Å². The number of rotatable bonds is 7. The number of allylic oxidation sites excluding steroid dienone is 2. The number of benzene rings is 5. The van der Waals surface area contributed by atoms with E-state index in [0.29, 0.717) is 99.0 Å². The molecule has 95 heavy (non-hydrogen) atoms. The van der Waals surface area contributed by atoms with Crippen LogP contribution in [0.1, 0.15) is 153 Å². The van der Waals surface area contributed by atoms with Gasteiger partial charge in [-0.05, 0) is 203 Å². The van der Waals surface area contributed by atoms with Crippen molar-refractivity contribution in [2.45, 2.75) is 152 Å². The summed E-state index contributed by atoms with van der Waals surface area (Å²) < 4.78 is 5.72. The van der Waals surface area contributed by atoms with Gasteiger partial charge in [-0.3, -0.25) is 9.59 Å². The lowest BCUT2D eigenvalue weighted by Gasteiger charge is -2.41. The molecule has 13 rings (SSSR count). The molecule has 3 saturated carbocycles. The lowest BCUT2D eigenvalue weighted by molar-refractivity contribution is -0.142. The van der Waals surface area contributed by atoms with E-state index in [-0.39, 0.29) is 102 Å². The number of fused-ring (bicyclic) bond motifs is 15. The van der Waals surface area contributed by atoms with Crippen LogP contribution < -0.4 is 20.7 Å². The van der Waals surface area contributed by atoms with Crippen molar-refractivity contribution in [2.24, 2.45) is 59.2 Å². The van der Waals surface area contributed by atoms with Crippen LogP contribution in [0.15, 0.2) is 127 Å². The van der Waals surface area contributed by atoms with E-state index in [1.54, 1.807) is 18.2 Å². The molecule has 0 radical (unpaired) electrons. The average molecular weight is 1280 g/mol. The van der Waals surface area contributed by atoms with E-state index < -0.39 is 47.6 Å². The highest BCUT2D eigenvalue weighted by Crippen LogP contribution is 2.51. The van der Waals surface area contributed by atoms with Gasteiger partial charge >= 0.3 is 0 Å². The van der Waals surface area contributed by atoms with Crippen molar-refractivity contribution in [3.63, 3.8) is 0 Å². The van der Waals surface area contributed by atoms with Gasteiger partial charge in [0.05, 0.1) is 25.2 Å². The fraction of sp³-hybridized carbons (Fsp3) is 0.481. The number of anilines is 1. The lowest BCUT2D eigenvalue weighted by Crippen LogP contribution is -2.40. The molecule has 11 N–H and O–H groups in total. The van der Waals surface area contributed by atoms with Gasteiger partial charge in [0.1, 0.15) is 17.3 Å². The number of aliphatic hydroxyl groups excluding tert-OH is 4. The molecule has 13 bridgehead atoms. The van der Waals surface area contributed by atoms with Crippen LogP contribution in [0.2, 0.25) is 0 Å². The summed E-state index contributed by atoms with van der Waals surface area (Å²) in [4.78, 5) is 34.1. The Morgan fingerprint density at radius 1 is 0.726 bits per heavy atom. The zero-order valence-electron chi connectivity index (χ0n) is 54.9. The van der Waals surface area contributed by atoms with E-state index in [1.165, 1.54) is 20.0 Å². The van der Waals surface area contributed by atoms with Gasteiger partial charge in [0.15, 0.2) is 29.2 Å². The molecule has 14 nitrogen and oxygen atoms in total. The molecule has 0 spiro atoms. The molecule has 15 atom stereocenters. The largest absolute Gasteiger partial charge is 0.508 e. The van der Waals surface area contributed by atoms with Crippen molar-refractivity contribution in [1.82, 2.24) is 15.6 Å². The van der Waals surface area contributed by atoms with Crippen LogP contribution in [-0.4, -0.2) is 104 Å². The Morgan fingerprint density at radius 3 is 2.38 bits per heavy atom. The summed E-state index contributed by atoms with van der Waals surface area (Å²) in [6, 6.07) is 31.1. The van der Waals surface area contributed by atoms with Crippen LogP contribution in [0.5, 0.6) is 23.0 Å². The van der Waals surface area contributed by atoms with E-state index in [0.717, 1.165) is 76.1 Å². The minimum Gasteiger partial charge on any atom is -0.508 e. The van der Waals surface area contributed by atoms with Gasteiger partial charge in [0, 0.05) is 92.6 Å². The first-order valence-electron chi connectivity index (χ1n) is 35.2. The maximum absolute atomic E-state index is 15.8. The van der Waals surface area contributed by atoms with Crippen LogP contribution in [0.25, 0.3) is 10.8 Å². The Labute approximate surface area is 559 Å². The topological polar surface area (TPSA) is 237 Å². The number of dihydropyridines is 1. The quantitative estimate of drug-likeness (QED) is 0.0528. The number of aromatic amines is 1. The van der Waals surface area contributed by atoms with Gasteiger partial charge < -0.3 is 61.4 Å². The Hall–Kier alpha value is -7.82. The molecule has 6 aromatic rings. The van der Waals surface area contributed by atoms with Crippen molar-refractivity contribution in [2.75, 3.05) is 38.7 Å². The Bertz CT molecular complexity index is 3970. The highest BCUT2D eigenvalue weighted by molar-refractivity contribution is 6.06. The first kappa shape index (κ1) is 65.8. The normalized spacial score (nSPS) is 29.9. The zero-order valence-corrected chi connectivity index (χ0v) is 54.9. The molecule has 3 fully saturated rings. The third-order valence-electron chi connectivity index (χ3n) is 23.0. The van der Waals surface area contributed by atoms with Gasteiger partial charge in [0.2, 0.25) is 0 Å². The van der Waals surface area contributed by atoms with Gasteiger partial charge in [-0.15, -0.1) is 5.92 Å². The number of ether oxygens (including phenoxy) is 1. The third-order valence-corrected chi connectivity index (χ3v) is 23.0. The molecule has 7 aliphatic rings. The van der Waals surface area contributed by atoms with Crippen LogP contribution in [0.3, 0.4) is 0 Å². The van der Waals surface area contributed by atoms with E-state index in [4.69, 9.17) is 4.74 Å². The summed E-state index contributed by atoms with van der Waals surface area (Å²) in [6.07, 6.45) is 13.4. The number of aromatic hydroxyl groups is 3. The summed E-state index contributed by atoms with van der Waals surface area (Å²) in [5.41, 5.74) is 8.75. The van der Waals surface area contributed by atoms with Crippen molar-refractivity contribution in [1.29, 1.82) is 0 Å². The maximum Gasteiger partial charge on any atom is 0.173 e. The number of hydrogen-bond acceptors (Lipinski definition) is 13. The molecule has 0 saturated heterocycles. The molecule has 5 aromatic carbocycles. The predicted octanol–water partition coefficient (Wildman–Crippen LogP) is 11.8. The fourth-order valence-corrected chi connectivity index (χ4v) is 17.9. The Kier molecular flexibility index (Phi) is 20.3. The zero-order chi connectivity index (χ0) is 65.9. The molecule has 3 heterocycles. The molecule has 2 aliphatic heterocycles. The number of carbonyl (C=O) groups is 2. The van der Waals surface area contributed by atoms with Crippen LogP contribution in [0.4, 0.5) is 5.69 Å². The number of hydrogen-bond donors (Lipinski definition) is 11. The highest BCUT2D eigenvalue weighted by atomic mass is 16.5. The molecule has 5 aliphatic carbocycles. The fourth-order valence-electron chi connectivity index (χ4n) is 17.9. The van der Waals surface area contributed by atoms with E-state index >= 15 is 4.79 Å². The Morgan fingerprint density at radius 2 is 1.56 bits per heavy atom. The van der Waals surface area contributed by atoms with E-state index in [9.17, 15) is 40.5 Å². The van der Waals surface area contributed by atoms with E-state index in [1.807, 2.05) is 66.9 Å². The Balaban J connectivity index is 1.02. The van der Waals surface area contributed by atoms with Gasteiger partial charge in [0.25, 0.3) is 0 Å². The molecule has 15 unspecified atom stereocenters. The molecule has 498 valence electrons. The van der Waals surface area contributed by atoms with Crippen LogP contribution in [0, 0.1) is 82.9 Å². The number of nitrogens with one attached hydrogen (secondary N) is 4. The molecule has 0 amide bonds. The minimum absolute atomic E-state index is 0.0563. The van der Waals surface area contributed by atoms with Crippen LogP contribution >= 0.6 is 0 Å². The highest BCUT2D eigenvalue weighted by Gasteiger charge is 2.46. The summed E-state index contributed by atoms with van der Waals surface area (Å²) in [7, 11) is 1.49. The second-order valence-electron chi connectivity index (χ2n) is 29.0. The van der Waals surface area contributed by atoms with Gasteiger partial charge in [-0.1, -0.05) is 117 Å². The van der Waals surface area contributed by atoms with Gasteiger partial charge in [-0.2, -0.15) is 0 Å². The minimum atomic E-state index is -1.91. The predicted molar refractivity (Wildman–Crippen MR) is 370 cm³/mol. The lowest BCUT2D eigenvalue weighted by atomic mass is 9.63. The van der Waals surface area contributed by atoms with Crippen molar-refractivity contribution in [3.8, 4) is 46.7 Å². The standard InChI is InChI=1S/C81H94N4O10/c1-47-43-82-45-64(88)36-55-19-18-50-20-23-61(40-73(50)79(55)92)85-78-39-54(27-28-83-78)65-16-8-12-51-31-57(34-60(46-86)70(51)30-49-11-7-13-63(87)29-49)66-14-5-6-15-68(66)69-25-21-52-32-56(65)33-58(67(24-17-48-9-3-4-10-48)75(90)41-62-35-59(47)44-84-62)37-72(52)80(93)81(94)74(89)26-22-53-38-77(95-2)76(91)42-71(53)69/h5-7,11,13-15,18-20,23,27,29,35,38-40,42,44,47-48,51-52,56-58,60,64-65,67,69-70,72,75,81-88,90-92,94H,3-4,9-10,16-17,22,24,26,28,30-34,36-37,41,43,45-46H2,1-2H3. The summed E-state index contributed by atoms with van der Waals surface area (Å²) in [5.74, 6) is 12.4. The first-order valence-corrected chi connectivity index (χ1v) is 35.2. The second-order valence-corrected chi connectivity index (χ2v) is 29.0. The van der Waals surface area contributed by atoms with Gasteiger partial charge in [-0.25, -0.2) is 0 Å². The van der Waals surface area contributed by atoms with E-state index in [2.05, 4.69) is 81.9 Å². The number of phenolic OH excluding ortho intramolecular Hbond substituents is 3. The number of Topliss-reactive ketones (excluding diaryl/α,β-unsaturated/α-hetero) is 2. The number of phenols is 3. The summed E-state index contributed by atoms with van der Waals surface area (Å²) in [6.45, 7) is 3.46. The smallest absolute Gasteiger partial charge is 0.173 e. The third kappa shape index (κ3) is 14.6. The molecule has 1 aromatic heterocycles. The first-order chi connectivity index (χ1) is 46.1. The molecule has 14 heteroatoms. The van der Waals surface area contributed by atoms with Crippen LogP contribution in [-0.2, 0) is 35.3 Å². The summed E-state index contributed by atoms with van der Waals surface area (Å²) >= 11 is 0. The van der Waals surface area contributed by atoms with Crippen molar-refractivity contribution in [3.05, 3.63) is 171 Å². The number of carbonyl (C=O) groups excluding carboxylic acids is 2.